The summed E-state index contributed by atoms with van der Waals surface area (Å²) in [6, 6.07) is 3.61. The number of rotatable bonds is 2. The zero-order valence-electron chi connectivity index (χ0n) is 8.91. The van der Waals surface area contributed by atoms with Gasteiger partial charge in [0.05, 0.1) is 23.8 Å². The van der Waals surface area contributed by atoms with E-state index in [0.717, 1.165) is 10.6 Å². The average Bonchev–Trinajstić information content (AvgIpc) is 2.71. The maximum Gasteiger partial charge on any atom is 0.411 e. The predicted molar refractivity (Wildman–Crippen MR) is 65.5 cm³/mol. The molecule has 1 amide bonds. The average molecular weight is 297 g/mol. The van der Waals surface area contributed by atoms with Crippen molar-refractivity contribution in [2.75, 3.05) is 11.9 Å². The van der Waals surface area contributed by atoms with Gasteiger partial charge < -0.3 is 5.11 Å². The van der Waals surface area contributed by atoms with Gasteiger partial charge in [-0.1, -0.05) is 0 Å². The fraction of sp³-hybridized carbons (Fsp3) is 0.100. The molecular formula is C10H9BrN4O2. The Morgan fingerprint density at radius 2 is 2.35 bits per heavy atom. The molecule has 7 heteroatoms. The van der Waals surface area contributed by atoms with Crippen molar-refractivity contribution in [1.82, 2.24) is 14.8 Å². The molecule has 0 saturated carbocycles. The first-order valence-electron chi connectivity index (χ1n) is 4.72. The molecule has 0 aliphatic carbocycles. The summed E-state index contributed by atoms with van der Waals surface area (Å²) in [7, 11) is 1.46. The summed E-state index contributed by atoms with van der Waals surface area (Å²) in [6.07, 6.45) is 3.88. The minimum Gasteiger partial charge on any atom is -0.465 e. The number of carboxylic acid groups (broad SMARTS) is 1. The zero-order valence-corrected chi connectivity index (χ0v) is 10.5. The number of carbonyl (C=O) groups is 1. The number of pyridine rings is 1. The first-order valence-corrected chi connectivity index (χ1v) is 5.51. The molecule has 0 radical (unpaired) electrons. The Labute approximate surface area is 106 Å². The lowest BCUT2D eigenvalue weighted by Gasteiger charge is -2.09. The van der Waals surface area contributed by atoms with E-state index >= 15 is 0 Å². The minimum atomic E-state index is -1.04. The number of hydrogen-bond acceptors (Lipinski definition) is 3. The van der Waals surface area contributed by atoms with Crippen LogP contribution in [0.1, 0.15) is 0 Å². The minimum absolute atomic E-state index is 0.464. The number of nitrogens with zero attached hydrogens (tertiary/aromatic N) is 4. The Morgan fingerprint density at radius 3 is 2.94 bits per heavy atom. The standard InChI is InChI=1S/C10H9BrN4O2/c1-14(10(16)17)8-6-15(13-9(8)11)7-3-2-4-12-5-7/h2-6H,1H3,(H,16,17). The topological polar surface area (TPSA) is 71.2 Å². The van der Waals surface area contributed by atoms with Gasteiger partial charge in [0.2, 0.25) is 0 Å². The lowest BCUT2D eigenvalue weighted by molar-refractivity contribution is 0.203. The monoisotopic (exact) mass is 296 g/mol. The molecule has 0 spiro atoms. The maximum atomic E-state index is 10.9. The summed E-state index contributed by atoms with van der Waals surface area (Å²) in [5, 5.41) is 13.1. The molecule has 0 atom stereocenters. The van der Waals surface area contributed by atoms with Crippen LogP contribution in [0.3, 0.4) is 0 Å². The second-order valence-electron chi connectivity index (χ2n) is 3.30. The lowest BCUT2D eigenvalue weighted by atomic mass is 10.4. The molecule has 6 nitrogen and oxygen atoms in total. The molecule has 0 fully saturated rings. The van der Waals surface area contributed by atoms with E-state index in [2.05, 4.69) is 26.0 Å². The van der Waals surface area contributed by atoms with E-state index in [0.29, 0.717) is 10.3 Å². The molecule has 0 unspecified atom stereocenters. The molecule has 2 rings (SSSR count). The van der Waals surface area contributed by atoms with Gasteiger partial charge in [-0.05, 0) is 28.1 Å². The normalized spacial score (nSPS) is 10.2. The molecule has 2 aromatic heterocycles. The lowest BCUT2D eigenvalue weighted by Crippen LogP contribution is -2.23. The van der Waals surface area contributed by atoms with Gasteiger partial charge in [0.1, 0.15) is 0 Å². The summed E-state index contributed by atoms with van der Waals surface area (Å²) in [6.45, 7) is 0. The molecule has 0 saturated heterocycles. The molecule has 88 valence electrons. The van der Waals surface area contributed by atoms with Gasteiger partial charge >= 0.3 is 6.09 Å². The first kappa shape index (κ1) is 11.6. The van der Waals surface area contributed by atoms with Crippen molar-refractivity contribution < 1.29 is 9.90 Å². The van der Waals surface area contributed by atoms with Crippen molar-refractivity contribution >= 4 is 27.7 Å². The molecule has 17 heavy (non-hydrogen) atoms. The Morgan fingerprint density at radius 1 is 1.59 bits per heavy atom. The highest BCUT2D eigenvalue weighted by atomic mass is 79.9. The van der Waals surface area contributed by atoms with Crippen LogP contribution in [0.2, 0.25) is 0 Å². The van der Waals surface area contributed by atoms with Crippen LogP contribution >= 0.6 is 15.9 Å². The highest BCUT2D eigenvalue weighted by Crippen LogP contribution is 2.25. The van der Waals surface area contributed by atoms with Crippen LogP contribution in [-0.4, -0.2) is 33.0 Å². The molecular weight excluding hydrogens is 288 g/mol. The summed E-state index contributed by atoms with van der Waals surface area (Å²) in [5.74, 6) is 0. The van der Waals surface area contributed by atoms with Crippen LogP contribution in [0.15, 0.2) is 35.3 Å². The van der Waals surface area contributed by atoms with Crippen molar-refractivity contribution in [2.24, 2.45) is 0 Å². The van der Waals surface area contributed by atoms with Crippen molar-refractivity contribution in [1.29, 1.82) is 0 Å². The van der Waals surface area contributed by atoms with E-state index in [4.69, 9.17) is 5.11 Å². The third-order valence-corrected chi connectivity index (χ3v) is 2.78. The van der Waals surface area contributed by atoms with Gasteiger partial charge in [-0.25, -0.2) is 9.48 Å². The van der Waals surface area contributed by atoms with E-state index in [1.807, 2.05) is 6.07 Å². The molecule has 0 aromatic carbocycles. The number of anilines is 1. The van der Waals surface area contributed by atoms with Gasteiger partial charge in [0, 0.05) is 13.2 Å². The molecule has 0 aliphatic heterocycles. The molecule has 0 bridgehead atoms. The molecule has 1 N–H and O–H groups in total. The maximum absolute atomic E-state index is 10.9. The Hall–Kier alpha value is -1.89. The third-order valence-electron chi connectivity index (χ3n) is 2.21. The number of amides is 1. The van der Waals surface area contributed by atoms with Crippen molar-refractivity contribution in [3.8, 4) is 5.69 Å². The second-order valence-corrected chi connectivity index (χ2v) is 4.05. The summed E-state index contributed by atoms with van der Waals surface area (Å²) in [4.78, 5) is 15.9. The van der Waals surface area contributed by atoms with Crippen LogP contribution in [-0.2, 0) is 0 Å². The fourth-order valence-electron chi connectivity index (χ4n) is 1.29. The van der Waals surface area contributed by atoms with Crippen molar-refractivity contribution in [3.63, 3.8) is 0 Å². The van der Waals surface area contributed by atoms with Crippen LogP contribution in [0, 0.1) is 0 Å². The molecule has 2 heterocycles. The largest absolute Gasteiger partial charge is 0.465 e. The zero-order chi connectivity index (χ0) is 12.4. The summed E-state index contributed by atoms with van der Waals surface area (Å²) < 4.78 is 2.03. The van der Waals surface area contributed by atoms with E-state index in [9.17, 15) is 4.79 Å². The quantitative estimate of drug-likeness (QED) is 0.922. The van der Waals surface area contributed by atoms with Gasteiger partial charge in [-0.2, -0.15) is 5.10 Å². The third kappa shape index (κ3) is 2.28. The Balaban J connectivity index is 2.41. The van der Waals surface area contributed by atoms with Gasteiger partial charge in [0.15, 0.2) is 4.60 Å². The highest BCUT2D eigenvalue weighted by molar-refractivity contribution is 9.10. The van der Waals surface area contributed by atoms with E-state index in [1.54, 1.807) is 29.3 Å². The number of hydrogen-bond donors (Lipinski definition) is 1. The number of aromatic nitrogens is 3. The van der Waals surface area contributed by atoms with Crippen LogP contribution in [0.5, 0.6) is 0 Å². The highest BCUT2D eigenvalue weighted by Gasteiger charge is 2.16. The van der Waals surface area contributed by atoms with Crippen LogP contribution in [0.25, 0.3) is 5.69 Å². The van der Waals surface area contributed by atoms with Gasteiger partial charge in [-0.3, -0.25) is 9.88 Å². The molecule has 0 aliphatic rings. The van der Waals surface area contributed by atoms with Crippen LogP contribution < -0.4 is 4.90 Å². The van der Waals surface area contributed by atoms with E-state index < -0.39 is 6.09 Å². The molecule has 2 aromatic rings. The smallest absolute Gasteiger partial charge is 0.411 e. The van der Waals surface area contributed by atoms with Crippen molar-refractivity contribution in [2.45, 2.75) is 0 Å². The summed E-state index contributed by atoms with van der Waals surface area (Å²) >= 11 is 3.23. The van der Waals surface area contributed by atoms with E-state index in [-0.39, 0.29) is 0 Å². The van der Waals surface area contributed by atoms with Gasteiger partial charge in [-0.15, -0.1) is 0 Å². The first-order chi connectivity index (χ1) is 8.09. The van der Waals surface area contributed by atoms with E-state index in [1.165, 1.54) is 7.05 Å². The fourth-order valence-corrected chi connectivity index (χ4v) is 1.83. The predicted octanol–water partition coefficient (Wildman–Crippen LogP) is 2.14. The summed E-state index contributed by atoms with van der Waals surface area (Å²) in [5.41, 5.74) is 1.24. The Kier molecular flexibility index (Phi) is 3.10. The SMILES string of the molecule is CN(C(=O)O)c1cn(-c2cccnc2)nc1Br. The van der Waals surface area contributed by atoms with Gasteiger partial charge in [0.25, 0.3) is 0 Å². The second kappa shape index (κ2) is 4.54. The van der Waals surface area contributed by atoms with Crippen molar-refractivity contribution in [3.05, 3.63) is 35.3 Å². The van der Waals surface area contributed by atoms with Crippen LogP contribution in [0.4, 0.5) is 10.5 Å². The Bertz CT molecular complexity index is 540. The number of halogens is 1.